The summed E-state index contributed by atoms with van der Waals surface area (Å²) in [5.41, 5.74) is 0.951. The van der Waals surface area contributed by atoms with Gasteiger partial charge < -0.3 is 15.0 Å². The lowest BCUT2D eigenvalue weighted by Gasteiger charge is -2.32. The number of halogens is 2. The molecule has 2 amide bonds. The van der Waals surface area contributed by atoms with Gasteiger partial charge in [-0.15, -0.1) is 0 Å². The summed E-state index contributed by atoms with van der Waals surface area (Å²) in [6.45, 7) is 3.51. The van der Waals surface area contributed by atoms with Gasteiger partial charge in [-0.2, -0.15) is 0 Å². The van der Waals surface area contributed by atoms with E-state index in [2.05, 4.69) is 5.32 Å². The van der Waals surface area contributed by atoms with Crippen LogP contribution in [0.15, 0.2) is 77.7 Å². The first-order valence-corrected chi connectivity index (χ1v) is 14.5. The van der Waals surface area contributed by atoms with Gasteiger partial charge in [-0.05, 0) is 73.5 Å². The van der Waals surface area contributed by atoms with Gasteiger partial charge >= 0.3 is 0 Å². The summed E-state index contributed by atoms with van der Waals surface area (Å²) in [5.74, 6) is -0.261. The van der Waals surface area contributed by atoms with Crippen molar-refractivity contribution in [3.05, 3.63) is 88.4 Å². The fourth-order valence-corrected chi connectivity index (χ4v) is 5.52. The number of ether oxygens (including phenoxy) is 1. The van der Waals surface area contributed by atoms with E-state index in [1.807, 2.05) is 6.92 Å². The third-order valence-electron chi connectivity index (χ3n) is 6.01. The predicted octanol–water partition coefficient (Wildman–Crippen LogP) is 5.14. The van der Waals surface area contributed by atoms with Gasteiger partial charge in [0.1, 0.15) is 18.3 Å². The van der Waals surface area contributed by atoms with Crippen molar-refractivity contribution in [2.75, 3.05) is 24.5 Å². The monoisotopic (exact) mass is 591 g/mol. The van der Waals surface area contributed by atoms with E-state index in [1.165, 1.54) is 35.2 Å². The normalized spacial score (nSPS) is 11.9. The molecular formula is C28H31Cl2N3O5S. The lowest BCUT2D eigenvalue weighted by atomic mass is 10.1. The molecule has 208 valence electrons. The van der Waals surface area contributed by atoms with E-state index < -0.39 is 28.5 Å². The molecule has 3 rings (SSSR count). The van der Waals surface area contributed by atoms with Gasteiger partial charge in [0, 0.05) is 23.1 Å². The molecule has 0 aliphatic rings. The van der Waals surface area contributed by atoms with Gasteiger partial charge in [0.15, 0.2) is 0 Å². The molecule has 0 spiro atoms. The molecule has 0 unspecified atom stereocenters. The molecule has 0 aliphatic carbocycles. The molecule has 0 aliphatic heterocycles. The van der Waals surface area contributed by atoms with Gasteiger partial charge in [-0.1, -0.05) is 48.3 Å². The number of amides is 2. The maximum Gasteiger partial charge on any atom is 0.264 e. The van der Waals surface area contributed by atoms with Crippen molar-refractivity contribution >= 4 is 50.7 Å². The Morgan fingerprint density at radius 1 is 0.974 bits per heavy atom. The molecule has 39 heavy (non-hydrogen) atoms. The highest BCUT2D eigenvalue weighted by Crippen LogP contribution is 2.27. The minimum Gasteiger partial charge on any atom is -0.497 e. The van der Waals surface area contributed by atoms with Crippen LogP contribution in [0.25, 0.3) is 0 Å². The van der Waals surface area contributed by atoms with Crippen LogP contribution in [0.2, 0.25) is 10.0 Å². The molecule has 1 atom stereocenters. The Labute approximate surface area is 239 Å². The highest BCUT2D eigenvalue weighted by Gasteiger charge is 2.32. The molecule has 0 saturated carbocycles. The first-order chi connectivity index (χ1) is 18.6. The van der Waals surface area contributed by atoms with Gasteiger partial charge in [-0.3, -0.25) is 13.9 Å². The second-order valence-corrected chi connectivity index (χ2v) is 11.5. The number of hydrogen-bond donors (Lipinski definition) is 1. The Morgan fingerprint density at radius 3 is 2.23 bits per heavy atom. The molecule has 3 aromatic rings. The summed E-state index contributed by atoms with van der Waals surface area (Å²) >= 11 is 12.1. The van der Waals surface area contributed by atoms with Gasteiger partial charge in [0.2, 0.25) is 11.8 Å². The van der Waals surface area contributed by atoms with Crippen molar-refractivity contribution in [2.24, 2.45) is 0 Å². The van der Waals surface area contributed by atoms with E-state index in [0.29, 0.717) is 22.3 Å². The number of carbonyl (C=O) groups excluding carboxylic acids is 2. The van der Waals surface area contributed by atoms with Crippen LogP contribution in [0, 0.1) is 0 Å². The smallest absolute Gasteiger partial charge is 0.264 e. The van der Waals surface area contributed by atoms with Crippen molar-refractivity contribution < 1.29 is 22.7 Å². The van der Waals surface area contributed by atoms with E-state index in [4.69, 9.17) is 27.9 Å². The Morgan fingerprint density at radius 2 is 1.64 bits per heavy atom. The van der Waals surface area contributed by atoms with Gasteiger partial charge in [-0.25, -0.2) is 8.42 Å². The minimum absolute atomic E-state index is 0.0462. The minimum atomic E-state index is -4.21. The Bertz CT molecular complexity index is 1380. The number of benzene rings is 3. The third-order valence-corrected chi connectivity index (χ3v) is 8.28. The molecule has 1 N–H and O–H groups in total. The number of sulfonamides is 1. The van der Waals surface area contributed by atoms with Crippen LogP contribution < -0.4 is 14.4 Å². The number of nitrogens with one attached hydrogen (secondary N) is 1. The van der Waals surface area contributed by atoms with Crippen molar-refractivity contribution in [2.45, 2.75) is 37.8 Å². The van der Waals surface area contributed by atoms with E-state index in [9.17, 15) is 18.0 Å². The lowest BCUT2D eigenvalue weighted by Crippen LogP contribution is -2.51. The zero-order chi connectivity index (χ0) is 28.6. The number of nitrogens with zero attached hydrogens (tertiary/aromatic N) is 2. The summed E-state index contributed by atoms with van der Waals surface area (Å²) in [5, 5.41) is 3.49. The van der Waals surface area contributed by atoms with Crippen molar-refractivity contribution in [1.29, 1.82) is 0 Å². The topological polar surface area (TPSA) is 96.0 Å². The molecular weight excluding hydrogens is 561 g/mol. The molecule has 3 aromatic carbocycles. The van der Waals surface area contributed by atoms with Crippen LogP contribution in [0.4, 0.5) is 5.69 Å². The van der Waals surface area contributed by atoms with Crippen molar-refractivity contribution in [3.8, 4) is 5.75 Å². The van der Waals surface area contributed by atoms with E-state index in [0.717, 1.165) is 16.3 Å². The number of anilines is 1. The molecule has 0 saturated heterocycles. The lowest BCUT2D eigenvalue weighted by molar-refractivity contribution is -0.139. The highest BCUT2D eigenvalue weighted by molar-refractivity contribution is 7.92. The van der Waals surface area contributed by atoms with Crippen LogP contribution in [0.5, 0.6) is 5.75 Å². The van der Waals surface area contributed by atoms with Crippen LogP contribution in [-0.4, -0.2) is 51.4 Å². The van der Waals surface area contributed by atoms with E-state index >= 15 is 0 Å². The third kappa shape index (κ3) is 7.88. The van der Waals surface area contributed by atoms with Crippen molar-refractivity contribution in [1.82, 2.24) is 10.2 Å². The second kappa shape index (κ2) is 13.7. The summed E-state index contributed by atoms with van der Waals surface area (Å²) in [7, 11) is -2.65. The number of carbonyl (C=O) groups is 2. The maximum absolute atomic E-state index is 13.9. The van der Waals surface area contributed by atoms with Crippen LogP contribution >= 0.6 is 23.2 Å². The van der Waals surface area contributed by atoms with Crippen LogP contribution in [0.3, 0.4) is 0 Å². The van der Waals surface area contributed by atoms with Gasteiger partial charge in [0.25, 0.3) is 10.0 Å². The molecule has 11 heteroatoms. The van der Waals surface area contributed by atoms with Crippen LogP contribution in [-0.2, 0) is 26.2 Å². The molecule has 0 heterocycles. The number of hydrogen-bond acceptors (Lipinski definition) is 5. The van der Waals surface area contributed by atoms with E-state index in [1.54, 1.807) is 56.5 Å². The second-order valence-electron chi connectivity index (χ2n) is 8.78. The van der Waals surface area contributed by atoms with Crippen LogP contribution in [0.1, 0.15) is 25.8 Å². The Kier molecular flexibility index (Phi) is 10.6. The van der Waals surface area contributed by atoms with Gasteiger partial charge in [0.05, 0.1) is 17.7 Å². The summed E-state index contributed by atoms with van der Waals surface area (Å²) in [6.07, 6.45) is 0.729. The maximum atomic E-state index is 13.9. The number of methoxy groups -OCH3 is 1. The Hall–Kier alpha value is -3.27. The SMILES string of the molecule is CCCNC(=O)[C@@H](C)N(Cc1ccc(OC)cc1)C(=O)CN(c1cccc(Cl)c1)S(=O)(=O)c1ccc(Cl)cc1. The highest BCUT2D eigenvalue weighted by atomic mass is 35.5. The van der Waals surface area contributed by atoms with Crippen molar-refractivity contribution in [3.63, 3.8) is 0 Å². The predicted molar refractivity (Wildman–Crippen MR) is 154 cm³/mol. The van der Waals surface area contributed by atoms with E-state index in [-0.39, 0.29) is 23.0 Å². The molecule has 0 fully saturated rings. The molecule has 0 aromatic heterocycles. The largest absolute Gasteiger partial charge is 0.497 e. The zero-order valence-electron chi connectivity index (χ0n) is 21.9. The standard InChI is InChI=1S/C28H31Cl2N3O5S/c1-4-16-31-28(35)20(2)32(18-21-8-12-25(38-3)13-9-21)27(34)19-33(24-7-5-6-23(30)17-24)39(36,37)26-14-10-22(29)11-15-26/h5-15,17,20H,4,16,18-19H2,1-3H3,(H,31,35)/t20-/m1/s1. The molecule has 8 nitrogen and oxygen atoms in total. The molecule has 0 bridgehead atoms. The first kappa shape index (κ1) is 30.3. The Balaban J connectivity index is 2.01. The average Bonchev–Trinajstić information content (AvgIpc) is 2.93. The average molecular weight is 593 g/mol. The fraction of sp³-hybridized carbons (Fsp3) is 0.286. The summed E-state index contributed by atoms with van der Waals surface area (Å²) in [6, 6.07) is 18.1. The summed E-state index contributed by atoms with van der Waals surface area (Å²) in [4.78, 5) is 28.1. The quantitative estimate of drug-likeness (QED) is 0.314. The number of rotatable bonds is 12. The molecule has 0 radical (unpaired) electrons. The zero-order valence-corrected chi connectivity index (χ0v) is 24.3. The summed E-state index contributed by atoms with van der Waals surface area (Å²) < 4.78 is 33.7. The first-order valence-electron chi connectivity index (χ1n) is 12.3. The fourth-order valence-electron chi connectivity index (χ4n) is 3.80.